The Morgan fingerprint density at radius 2 is 1.83 bits per heavy atom. The summed E-state index contributed by atoms with van der Waals surface area (Å²) in [7, 11) is 1.64. The third-order valence-electron chi connectivity index (χ3n) is 5.19. The third kappa shape index (κ3) is 6.29. The van der Waals surface area contributed by atoms with Crippen LogP contribution in [0, 0.1) is 0 Å². The number of carbonyl (C=O) groups is 1. The van der Waals surface area contributed by atoms with E-state index >= 15 is 0 Å². The minimum atomic E-state index is -0.512. The summed E-state index contributed by atoms with van der Waals surface area (Å²) in [5.74, 6) is 0.893. The molecule has 6 heteroatoms. The first kappa shape index (κ1) is 21.3. The summed E-state index contributed by atoms with van der Waals surface area (Å²) in [5.41, 5.74) is 2.90. The van der Waals surface area contributed by atoms with Crippen LogP contribution in [-0.4, -0.2) is 68.3 Å². The summed E-state index contributed by atoms with van der Waals surface area (Å²) in [4.78, 5) is 16.0. The van der Waals surface area contributed by atoms with E-state index in [9.17, 15) is 9.90 Å². The molecule has 2 aromatic rings. The largest absolute Gasteiger partial charge is 0.497 e. The lowest BCUT2D eigenvalue weighted by molar-refractivity contribution is 0.00910. The molecule has 0 amide bonds. The molecule has 1 heterocycles. The number of rotatable bonds is 9. The zero-order valence-corrected chi connectivity index (χ0v) is 17.2. The van der Waals surface area contributed by atoms with E-state index in [1.807, 2.05) is 48.5 Å². The molecule has 3 rings (SSSR count). The van der Waals surface area contributed by atoms with Gasteiger partial charge in [-0.2, -0.15) is 0 Å². The zero-order valence-electron chi connectivity index (χ0n) is 17.2. The van der Waals surface area contributed by atoms with Crippen molar-refractivity contribution in [3.63, 3.8) is 0 Å². The van der Waals surface area contributed by atoms with Gasteiger partial charge < -0.3 is 19.5 Å². The summed E-state index contributed by atoms with van der Waals surface area (Å²) in [5, 5.41) is 10.3. The van der Waals surface area contributed by atoms with Gasteiger partial charge >= 0.3 is 0 Å². The predicted molar refractivity (Wildman–Crippen MR) is 114 cm³/mol. The highest BCUT2D eigenvalue weighted by molar-refractivity contribution is 5.94. The van der Waals surface area contributed by atoms with Crippen molar-refractivity contribution in [2.24, 2.45) is 0 Å². The Balaban J connectivity index is 1.38. The maximum absolute atomic E-state index is 11.4. The number of hydrogen-bond acceptors (Lipinski definition) is 6. The Bertz CT molecular complexity index is 786. The summed E-state index contributed by atoms with van der Waals surface area (Å²) < 4.78 is 10.9. The monoisotopic (exact) mass is 398 g/mol. The highest BCUT2D eigenvalue weighted by Crippen LogP contribution is 2.18. The van der Waals surface area contributed by atoms with Gasteiger partial charge in [0, 0.05) is 44.0 Å². The number of ether oxygens (including phenoxy) is 2. The Hall–Kier alpha value is -2.41. The number of aliphatic hydroxyl groups excluding tert-OH is 1. The molecule has 1 aliphatic heterocycles. The Morgan fingerprint density at radius 1 is 1.10 bits per heavy atom. The van der Waals surface area contributed by atoms with Gasteiger partial charge in [0.1, 0.15) is 5.75 Å². The smallest absolute Gasteiger partial charge is 0.159 e. The van der Waals surface area contributed by atoms with Crippen LogP contribution in [0.3, 0.4) is 0 Å². The lowest BCUT2D eigenvalue weighted by Crippen LogP contribution is -2.49. The maximum atomic E-state index is 11.4. The van der Waals surface area contributed by atoms with E-state index in [0.29, 0.717) is 19.8 Å². The molecule has 0 bridgehead atoms. The number of carbonyl (C=O) groups excluding carboxylic acids is 1. The fourth-order valence-electron chi connectivity index (χ4n) is 3.52. The molecule has 1 saturated heterocycles. The number of methoxy groups -OCH3 is 1. The minimum absolute atomic E-state index is 0.0870. The summed E-state index contributed by atoms with van der Waals surface area (Å²) in [6.07, 6.45) is -0.512. The van der Waals surface area contributed by atoms with Gasteiger partial charge in [-0.15, -0.1) is 0 Å². The number of piperazine rings is 1. The van der Waals surface area contributed by atoms with Crippen LogP contribution in [0.15, 0.2) is 48.5 Å². The maximum Gasteiger partial charge on any atom is 0.159 e. The van der Waals surface area contributed by atoms with Gasteiger partial charge in [-0.3, -0.25) is 9.69 Å². The standard InChI is InChI=1S/C23H30N2O4/c1-18(26)20-6-8-21(9-7-20)25-12-10-24(11-13-25)15-22(27)17-29-16-19-4-3-5-23(14-19)28-2/h3-9,14,22,27H,10-13,15-17H2,1-2H3. The summed E-state index contributed by atoms with van der Waals surface area (Å²) in [6.45, 7) is 6.54. The van der Waals surface area contributed by atoms with Gasteiger partial charge in [0.25, 0.3) is 0 Å². The van der Waals surface area contributed by atoms with E-state index in [4.69, 9.17) is 9.47 Å². The quantitative estimate of drug-likeness (QED) is 0.655. The van der Waals surface area contributed by atoms with Gasteiger partial charge in [-0.05, 0) is 48.9 Å². The average Bonchev–Trinajstić information content (AvgIpc) is 2.74. The summed E-state index contributed by atoms with van der Waals surface area (Å²) >= 11 is 0. The molecule has 29 heavy (non-hydrogen) atoms. The SMILES string of the molecule is COc1cccc(COCC(O)CN2CCN(c3ccc(C(C)=O)cc3)CC2)c1. The molecule has 1 atom stereocenters. The number of nitrogens with zero attached hydrogens (tertiary/aromatic N) is 2. The Kier molecular flexibility index (Phi) is 7.63. The Labute approximate surface area is 172 Å². The normalized spacial score (nSPS) is 15.9. The number of ketones is 1. The molecule has 2 aromatic carbocycles. The van der Waals surface area contributed by atoms with Crippen LogP contribution in [0.4, 0.5) is 5.69 Å². The molecule has 1 aliphatic rings. The topological polar surface area (TPSA) is 62.2 Å². The number of β-amino-alcohol motifs (C(OH)–C–C–N with tert-alkyl or cyclic N) is 1. The molecule has 0 aliphatic carbocycles. The van der Waals surface area contributed by atoms with Gasteiger partial charge in [0.05, 0.1) is 26.4 Å². The van der Waals surface area contributed by atoms with E-state index in [1.165, 1.54) is 0 Å². The van der Waals surface area contributed by atoms with Crippen molar-refractivity contribution >= 4 is 11.5 Å². The van der Waals surface area contributed by atoms with Crippen LogP contribution in [-0.2, 0) is 11.3 Å². The van der Waals surface area contributed by atoms with E-state index in [0.717, 1.165) is 48.7 Å². The molecule has 0 saturated carbocycles. The van der Waals surface area contributed by atoms with Gasteiger partial charge in [-0.1, -0.05) is 12.1 Å². The second-order valence-corrected chi connectivity index (χ2v) is 7.41. The van der Waals surface area contributed by atoms with Crippen LogP contribution in [0.25, 0.3) is 0 Å². The number of Topliss-reactive ketones (excluding diaryl/α,β-unsaturated/α-hetero) is 1. The summed E-state index contributed by atoms with van der Waals surface area (Å²) in [6, 6.07) is 15.5. The number of aliphatic hydroxyl groups is 1. The van der Waals surface area contributed by atoms with Gasteiger partial charge in [0.2, 0.25) is 0 Å². The van der Waals surface area contributed by atoms with Crippen molar-refractivity contribution in [3.05, 3.63) is 59.7 Å². The van der Waals surface area contributed by atoms with E-state index in [-0.39, 0.29) is 5.78 Å². The van der Waals surface area contributed by atoms with Crippen molar-refractivity contribution in [1.29, 1.82) is 0 Å². The lowest BCUT2D eigenvalue weighted by atomic mass is 10.1. The molecule has 0 radical (unpaired) electrons. The number of hydrogen-bond donors (Lipinski definition) is 1. The molecule has 1 unspecified atom stereocenters. The van der Waals surface area contributed by atoms with Gasteiger partial charge in [-0.25, -0.2) is 0 Å². The number of benzene rings is 2. The molecule has 0 spiro atoms. The second kappa shape index (κ2) is 10.4. The van der Waals surface area contributed by atoms with Crippen LogP contribution < -0.4 is 9.64 Å². The molecular weight excluding hydrogens is 368 g/mol. The van der Waals surface area contributed by atoms with E-state index in [2.05, 4.69) is 9.80 Å². The van der Waals surface area contributed by atoms with Crippen molar-refractivity contribution in [3.8, 4) is 5.75 Å². The lowest BCUT2D eigenvalue weighted by Gasteiger charge is -2.36. The average molecular weight is 399 g/mol. The third-order valence-corrected chi connectivity index (χ3v) is 5.19. The molecule has 0 aromatic heterocycles. The predicted octanol–water partition coefficient (Wildman–Crippen LogP) is 2.60. The van der Waals surface area contributed by atoms with Crippen LogP contribution >= 0.6 is 0 Å². The van der Waals surface area contributed by atoms with Crippen molar-refractivity contribution in [1.82, 2.24) is 4.90 Å². The molecular formula is C23H30N2O4. The second-order valence-electron chi connectivity index (χ2n) is 7.41. The highest BCUT2D eigenvalue weighted by atomic mass is 16.5. The molecule has 1 N–H and O–H groups in total. The van der Waals surface area contributed by atoms with Crippen molar-refractivity contribution in [2.45, 2.75) is 19.6 Å². The first-order chi connectivity index (χ1) is 14.0. The van der Waals surface area contributed by atoms with Crippen LogP contribution in [0.1, 0.15) is 22.8 Å². The number of anilines is 1. The first-order valence-corrected chi connectivity index (χ1v) is 10.0. The minimum Gasteiger partial charge on any atom is -0.497 e. The van der Waals surface area contributed by atoms with Crippen LogP contribution in [0.5, 0.6) is 5.75 Å². The van der Waals surface area contributed by atoms with Gasteiger partial charge in [0.15, 0.2) is 5.78 Å². The van der Waals surface area contributed by atoms with E-state index in [1.54, 1.807) is 14.0 Å². The fraction of sp³-hybridized carbons (Fsp3) is 0.435. The Morgan fingerprint density at radius 3 is 2.48 bits per heavy atom. The molecule has 1 fully saturated rings. The first-order valence-electron chi connectivity index (χ1n) is 10.0. The van der Waals surface area contributed by atoms with E-state index < -0.39 is 6.10 Å². The zero-order chi connectivity index (χ0) is 20.6. The van der Waals surface area contributed by atoms with Crippen molar-refractivity contribution < 1.29 is 19.4 Å². The van der Waals surface area contributed by atoms with Crippen molar-refractivity contribution in [2.75, 3.05) is 51.3 Å². The molecule has 6 nitrogen and oxygen atoms in total. The fourth-order valence-corrected chi connectivity index (χ4v) is 3.52. The highest BCUT2D eigenvalue weighted by Gasteiger charge is 2.19. The van der Waals surface area contributed by atoms with Crippen LogP contribution in [0.2, 0.25) is 0 Å². The molecule has 156 valence electrons.